The van der Waals surface area contributed by atoms with Crippen LogP contribution in [0.4, 0.5) is 0 Å². The molecule has 1 aromatic carbocycles. The van der Waals surface area contributed by atoms with E-state index in [1.54, 1.807) is 0 Å². The Balaban J connectivity index is 1.67. The normalized spacial score (nSPS) is 26.5. The molecule has 2 unspecified atom stereocenters. The zero-order chi connectivity index (χ0) is 13.1. The smallest absolute Gasteiger partial charge is 0.105 e. The second-order valence-electron chi connectivity index (χ2n) is 6.00. The van der Waals surface area contributed by atoms with Crippen molar-refractivity contribution in [3.8, 4) is 0 Å². The first-order valence-corrected chi connectivity index (χ1v) is 7.74. The van der Waals surface area contributed by atoms with Gasteiger partial charge in [0.1, 0.15) is 6.10 Å². The fraction of sp³-hybridized carbons (Fsp3) is 0.647. The maximum Gasteiger partial charge on any atom is 0.105 e. The first-order valence-electron chi connectivity index (χ1n) is 7.74. The van der Waals surface area contributed by atoms with Gasteiger partial charge >= 0.3 is 0 Å². The maximum atomic E-state index is 10.3. The number of hydrogen-bond acceptors (Lipinski definition) is 2. The van der Waals surface area contributed by atoms with Crippen molar-refractivity contribution in [2.75, 3.05) is 6.61 Å². The molecule has 1 N–H and O–H groups in total. The summed E-state index contributed by atoms with van der Waals surface area (Å²) in [5, 5.41) is 10.3. The van der Waals surface area contributed by atoms with Crippen molar-refractivity contribution in [3.05, 3.63) is 35.4 Å². The van der Waals surface area contributed by atoms with Crippen LogP contribution in [0.3, 0.4) is 0 Å². The van der Waals surface area contributed by atoms with Crippen LogP contribution in [0.1, 0.15) is 68.1 Å². The standard InChI is InChI=1S/C17H24O2/c18-17(16-7-4-12-19-16)15-10-8-14(9-11-15)13-5-2-1-3-6-13/h8-11,13,16-18H,1-7,12H2. The number of hydrogen-bond donors (Lipinski definition) is 1. The minimum absolute atomic E-state index is 0.000491. The summed E-state index contributed by atoms with van der Waals surface area (Å²) in [4.78, 5) is 0. The van der Waals surface area contributed by atoms with Crippen LogP contribution in [0.15, 0.2) is 24.3 Å². The van der Waals surface area contributed by atoms with Crippen molar-refractivity contribution >= 4 is 0 Å². The molecule has 1 aliphatic heterocycles. The van der Waals surface area contributed by atoms with Crippen molar-refractivity contribution in [2.24, 2.45) is 0 Å². The Labute approximate surface area is 115 Å². The van der Waals surface area contributed by atoms with Gasteiger partial charge < -0.3 is 9.84 Å². The lowest BCUT2D eigenvalue weighted by Crippen LogP contribution is -2.17. The molecule has 2 atom stereocenters. The van der Waals surface area contributed by atoms with E-state index in [1.807, 2.05) is 0 Å². The van der Waals surface area contributed by atoms with E-state index in [4.69, 9.17) is 4.74 Å². The molecule has 1 aromatic rings. The average Bonchev–Trinajstić information content (AvgIpc) is 3.02. The quantitative estimate of drug-likeness (QED) is 0.891. The second-order valence-corrected chi connectivity index (χ2v) is 6.00. The van der Waals surface area contributed by atoms with Crippen LogP contribution in [-0.4, -0.2) is 17.8 Å². The molecule has 0 amide bonds. The third kappa shape index (κ3) is 3.01. The van der Waals surface area contributed by atoms with Crippen LogP contribution >= 0.6 is 0 Å². The topological polar surface area (TPSA) is 29.5 Å². The van der Waals surface area contributed by atoms with Crippen LogP contribution in [0, 0.1) is 0 Å². The van der Waals surface area contributed by atoms with E-state index in [2.05, 4.69) is 24.3 Å². The van der Waals surface area contributed by atoms with Crippen LogP contribution in [0.5, 0.6) is 0 Å². The molecule has 2 fully saturated rings. The molecule has 2 heteroatoms. The number of benzene rings is 1. The lowest BCUT2D eigenvalue weighted by molar-refractivity contribution is -0.00259. The van der Waals surface area contributed by atoms with Crippen molar-refractivity contribution < 1.29 is 9.84 Å². The van der Waals surface area contributed by atoms with Crippen molar-refractivity contribution in [2.45, 2.75) is 63.1 Å². The first kappa shape index (κ1) is 13.1. The highest BCUT2D eigenvalue weighted by Gasteiger charge is 2.25. The zero-order valence-electron chi connectivity index (χ0n) is 11.6. The van der Waals surface area contributed by atoms with E-state index in [0.717, 1.165) is 30.9 Å². The summed E-state index contributed by atoms with van der Waals surface area (Å²) in [5.41, 5.74) is 2.45. The third-order valence-electron chi connectivity index (χ3n) is 4.67. The lowest BCUT2D eigenvalue weighted by Gasteiger charge is -2.23. The van der Waals surface area contributed by atoms with Gasteiger partial charge in [-0.1, -0.05) is 43.5 Å². The molecular formula is C17H24O2. The van der Waals surface area contributed by atoms with E-state index in [9.17, 15) is 5.11 Å². The predicted molar refractivity (Wildman–Crippen MR) is 76.2 cm³/mol. The fourth-order valence-corrected chi connectivity index (χ4v) is 3.47. The minimum atomic E-state index is -0.456. The highest BCUT2D eigenvalue weighted by atomic mass is 16.5. The first-order chi connectivity index (χ1) is 9.34. The predicted octanol–water partition coefficient (Wildman–Crippen LogP) is 3.95. The molecule has 0 spiro atoms. The van der Waals surface area contributed by atoms with Crippen LogP contribution < -0.4 is 0 Å². The molecule has 1 aliphatic carbocycles. The monoisotopic (exact) mass is 260 g/mol. The molecule has 2 nitrogen and oxygen atoms in total. The fourth-order valence-electron chi connectivity index (χ4n) is 3.47. The van der Waals surface area contributed by atoms with Crippen LogP contribution in [-0.2, 0) is 4.74 Å². The van der Waals surface area contributed by atoms with E-state index < -0.39 is 6.10 Å². The Bertz CT molecular complexity index is 386. The van der Waals surface area contributed by atoms with Gasteiger partial charge in [0.15, 0.2) is 0 Å². The van der Waals surface area contributed by atoms with Crippen molar-refractivity contribution in [1.29, 1.82) is 0 Å². The molecule has 1 saturated carbocycles. The average molecular weight is 260 g/mol. The molecule has 3 rings (SSSR count). The summed E-state index contributed by atoms with van der Waals surface area (Å²) in [7, 11) is 0. The molecule has 0 aromatic heterocycles. The molecule has 0 radical (unpaired) electrons. The molecule has 1 saturated heterocycles. The van der Waals surface area contributed by atoms with Crippen molar-refractivity contribution in [3.63, 3.8) is 0 Å². The SMILES string of the molecule is OC(c1ccc(C2CCCCC2)cc1)C1CCCO1. The molecule has 19 heavy (non-hydrogen) atoms. The Morgan fingerprint density at radius 3 is 2.32 bits per heavy atom. The summed E-state index contributed by atoms with van der Waals surface area (Å²) in [6.45, 7) is 0.794. The Hall–Kier alpha value is -0.860. The summed E-state index contributed by atoms with van der Waals surface area (Å²) < 4.78 is 5.57. The maximum absolute atomic E-state index is 10.3. The highest BCUT2D eigenvalue weighted by Crippen LogP contribution is 2.34. The Kier molecular flexibility index (Phi) is 4.19. The molecule has 0 bridgehead atoms. The van der Waals surface area contributed by atoms with E-state index >= 15 is 0 Å². The highest BCUT2D eigenvalue weighted by molar-refractivity contribution is 5.27. The van der Waals surface area contributed by atoms with E-state index in [1.165, 1.54) is 37.7 Å². The molecule has 104 valence electrons. The van der Waals surface area contributed by atoms with Gasteiger partial charge in [0.2, 0.25) is 0 Å². The molecule has 1 heterocycles. The third-order valence-corrected chi connectivity index (χ3v) is 4.67. The van der Waals surface area contributed by atoms with Gasteiger partial charge in [-0.05, 0) is 42.7 Å². The van der Waals surface area contributed by atoms with Gasteiger partial charge in [0, 0.05) is 6.61 Å². The van der Waals surface area contributed by atoms with Gasteiger partial charge in [0.25, 0.3) is 0 Å². The van der Waals surface area contributed by atoms with Crippen molar-refractivity contribution in [1.82, 2.24) is 0 Å². The van der Waals surface area contributed by atoms with E-state index in [-0.39, 0.29) is 6.10 Å². The summed E-state index contributed by atoms with van der Waals surface area (Å²) in [5.74, 6) is 0.739. The van der Waals surface area contributed by atoms with Gasteiger partial charge in [-0.25, -0.2) is 0 Å². The van der Waals surface area contributed by atoms with Gasteiger partial charge in [-0.15, -0.1) is 0 Å². The molecule has 2 aliphatic rings. The van der Waals surface area contributed by atoms with Gasteiger partial charge in [-0.3, -0.25) is 0 Å². The number of rotatable bonds is 3. The summed E-state index contributed by atoms with van der Waals surface area (Å²) in [6.07, 6.45) is 8.38. The number of ether oxygens (including phenoxy) is 1. The number of aliphatic hydroxyl groups is 1. The second kappa shape index (κ2) is 6.06. The Morgan fingerprint density at radius 2 is 1.68 bits per heavy atom. The zero-order valence-corrected chi connectivity index (χ0v) is 11.6. The van der Waals surface area contributed by atoms with E-state index in [0.29, 0.717) is 0 Å². The minimum Gasteiger partial charge on any atom is -0.386 e. The van der Waals surface area contributed by atoms with Crippen LogP contribution in [0.25, 0.3) is 0 Å². The Morgan fingerprint density at radius 1 is 0.947 bits per heavy atom. The molecular weight excluding hydrogens is 236 g/mol. The summed E-state index contributed by atoms with van der Waals surface area (Å²) in [6, 6.07) is 8.61. The largest absolute Gasteiger partial charge is 0.386 e. The van der Waals surface area contributed by atoms with Crippen LogP contribution in [0.2, 0.25) is 0 Å². The number of aliphatic hydroxyl groups excluding tert-OH is 1. The van der Waals surface area contributed by atoms with Gasteiger partial charge in [0.05, 0.1) is 6.10 Å². The summed E-state index contributed by atoms with van der Waals surface area (Å²) >= 11 is 0. The van der Waals surface area contributed by atoms with Gasteiger partial charge in [-0.2, -0.15) is 0 Å². The lowest BCUT2D eigenvalue weighted by atomic mass is 9.83.